The molecule has 0 aliphatic heterocycles. The molecule has 2 unspecified atom stereocenters. The third kappa shape index (κ3) is 4.26. The van der Waals surface area contributed by atoms with Gasteiger partial charge in [0, 0.05) is 6.42 Å². The largest absolute Gasteiger partial charge is 0.387 e. The van der Waals surface area contributed by atoms with Gasteiger partial charge in [-0.15, -0.1) is 0 Å². The zero-order chi connectivity index (χ0) is 11.0. The summed E-state index contributed by atoms with van der Waals surface area (Å²) in [5.74, 6) is 0. The second-order valence-electron chi connectivity index (χ2n) is 2.77. The van der Waals surface area contributed by atoms with E-state index in [1.54, 1.807) is 0 Å². The molecule has 0 aliphatic rings. The van der Waals surface area contributed by atoms with Crippen molar-refractivity contribution < 1.29 is 40.6 Å². The van der Waals surface area contributed by atoms with Gasteiger partial charge in [-0.1, -0.05) is 0 Å². The fourth-order valence-corrected chi connectivity index (χ4v) is 0.895. The summed E-state index contributed by atoms with van der Waals surface area (Å²) in [6.45, 7) is -1.45. The number of rotatable bonds is 8. The lowest BCUT2D eigenvalue weighted by Crippen LogP contribution is -2.49. The van der Waals surface area contributed by atoms with Crippen LogP contribution in [0.1, 0.15) is 6.42 Å². The molecule has 0 amide bonds. The number of hydrogen-bond donors (Lipinski definition) is 5. The van der Waals surface area contributed by atoms with Gasteiger partial charge in [0.15, 0.2) is 0 Å². The van der Waals surface area contributed by atoms with E-state index in [0.717, 1.165) is 0 Å². The third-order valence-corrected chi connectivity index (χ3v) is 1.79. The van der Waals surface area contributed by atoms with Gasteiger partial charge >= 0.3 is 0 Å². The van der Waals surface area contributed by atoms with Crippen LogP contribution in [0.2, 0.25) is 0 Å². The quantitative estimate of drug-likeness (QED) is 0.255. The summed E-state index contributed by atoms with van der Waals surface area (Å²) in [6.07, 6.45) is -1.70. The highest BCUT2D eigenvalue weighted by atomic mass is 17.1. The van der Waals surface area contributed by atoms with Crippen LogP contribution in [0.25, 0.3) is 0 Å². The zero-order valence-electron chi connectivity index (χ0n) is 7.37. The van der Waals surface area contributed by atoms with Gasteiger partial charge in [-0.3, -0.25) is 15.8 Å². The Morgan fingerprint density at radius 2 is 1.71 bits per heavy atom. The predicted octanol–water partition coefficient (Wildman–Crippen LogP) is -1.06. The van der Waals surface area contributed by atoms with Crippen LogP contribution < -0.4 is 0 Å². The molecule has 5 N–H and O–H groups in total. The standard InChI is InChI=1S/C6H14O8/c7-5(3-13-10)6(8,4-14-11)1-2-12-9/h5,7-11H,1-4H2. The minimum atomic E-state index is -1.87. The number of aliphatic hydroxyl groups is 2. The van der Waals surface area contributed by atoms with Gasteiger partial charge in [0.1, 0.15) is 24.9 Å². The highest BCUT2D eigenvalue weighted by Crippen LogP contribution is 2.16. The minimum Gasteiger partial charge on any atom is -0.387 e. The Kier molecular flexibility index (Phi) is 6.87. The maximum Gasteiger partial charge on any atom is 0.122 e. The molecule has 0 bridgehead atoms. The van der Waals surface area contributed by atoms with Gasteiger partial charge in [0.05, 0.1) is 6.61 Å². The molecule has 2 atom stereocenters. The molecule has 0 aromatic heterocycles. The molecule has 0 spiro atoms. The van der Waals surface area contributed by atoms with E-state index in [-0.39, 0.29) is 13.0 Å². The molecule has 0 saturated heterocycles. The fourth-order valence-electron chi connectivity index (χ4n) is 0.895. The van der Waals surface area contributed by atoms with Crippen LogP contribution in [0.4, 0.5) is 0 Å². The first-order valence-electron chi connectivity index (χ1n) is 3.80. The Balaban J connectivity index is 4.19. The lowest BCUT2D eigenvalue weighted by Gasteiger charge is -2.30. The van der Waals surface area contributed by atoms with Gasteiger partial charge in [-0.2, -0.15) is 0 Å². The van der Waals surface area contributed by atoms with E-state index in [1.165, 1.54) is 0 Å². The van der Waals surface area contributed by atoms with Crippen molar-refractivity contribution in [3.05, 3.63) is 0 Å². The Hall–Kier alpha value is -0.320. The summed E-state index contributed by atoms with van der Waals surface area (Å²) in [6, 6.07) is 0. The molecule has 0 heterocycles. The fraction of sp³-hybridized carbons (Fsp3) is 1.00. The zero-order valence-corrected chi connectivity index (χ0v) is 7.37. The van der Waals surface area contributed by atoms with Crippen molar-refractivity contribution in [3.63, 3.8) is 0 Å². The lowest BCUT2D eigenvalue weighted by molar-refractivity contribution is -0.313. The van der Waals surface area contributed by atoms with Crippen molar-refractivity contribution >= 4 is 0 Å². The summed E-state index contributed by atoms with van der Waals surface area (Å²) in [7, 11) is 0. The molecule has 0 saturated carbocycles. The normalized spacial score (nSPS) is 17.8. The van der Waals surface area contributed by atoms with Crippen molar-refractivity contribution in [1.29, 1.82) is 0 Å². The summed E-state index contributed by atoms with van der Waals surface area (Å²) < 4.78 is 0. The van der Waals surface area contributed by atoms with Crippen LogP contribution in [0, 0.1) is 0 Å². The van der Waals surface area contributed by atoms with Gasteiger partial charge in [0.25, 0.3) is 0 Å². The van der Waals surface area contributed by atoms with Crippen molar-refractivity contribution in [2.45, 2.75) is 18.1 Å². The first kappa shape index (κ1) is 13.7. The summed E-state index contributed by atoms with van der Waals surface area (Å²) in [5, 5.41) is 43.1. The van der Waals surface area contributed by atoms with E-state index < -0.39 is 24.9 Å². The first-order chi connectivity index (χ1) is 6.60. The third-order valence-electron chi connectivity index (χ3n) is 1.79. The molecule has 0 fully saturated rings. The van der Waals surface area contributed by atoms with Gasteiger partial charge in [-0.05, 0) is 0 Å². The molecule has 8 heteroatoms. The summed E-state index contributed by atoms with van der Waals surface area (Å²) in [5.41, 5.74) is -1.87. The van der Waals surface area contributed by atoms with Crippen LogP contribution in [0.3, 0.4) is 0 Å². The molecular weight excluding hydrogens is 200 g/mol. The maximum absolute atomic E-state index is 9.62. The van der Waals surface area contributed by atoms with E-state index in [2.05, 4.69) is 14.7 Å². The van der Waals surface area contributed by atoms with Crippen molar-refractivity contribution in [3.8, 4) is 0 Å². The van der Waals surface area contributed by atoms with E-state index >= 15 is 0 Å². The average Bonchev–Trinajstić information content (AvgIpc) is 2.15. The van der Waals surface area contributed by atoms with E-state index in [4.69, 9.17) is 15.8 Å². The second-order valence-corrected chi connectivity index (χ2v) is 2.77. The first-order valence-corrected chi connectivity index (χ1v) is 3.80. The number of aliphatic hydroxyl groups excluding tert-OH is 1. The monoisotopic (exact) mass is 214 g/mol. The van der Waals surface area contributed by atoms with Crippen LogP contribution >= 0.6 is 0 Å². The van der Waals surface area contributed by atoms with Crippen molar-refractivity contribution in [1.82, 2.24) is 0 Å². The van der Waals surface area contributed by atoms with E-state index in [1.807, 2.05) is 0 Å². The molecular formula is C6H14O8. The topological polar surface area (TPSA) is 129 Å². The molecule has 0 aromatic rings. The Labute approximate surface area is 79.7 Å². The van der Waals surface area contributed by atoms with Crippen LogP contribution in [-0.2, 0) is 14.7 Å². The molecule has 0 aliphatic carbocycles. The van der Waals surface area contributed by atoms with Gasteiger partial charge in [0.2, 0.25) is 0 Å². The number of hydrogen-bond acceptors (Lipinski definition) is 8. The van der Waals surface area contributed by atoms with Gasteiger partial charge < -0.3 is 10.2 Å². The summed E-state index contributed by atoms with van der Waals surface area (Å²) >= 11 is 0. The Morgan fingerprint density at radius 3 is 2.14 bits per heavy atom. The SMILES string of the molecule is OOCCC(O)(COO)C(O)COO. The van der Waals surface area contributed by atoms with Gasteiger partial charge in [-0.25, -0.2) is 14.7 Å². The highest BCUT2D eigenvalue weighted by Gasteiger charge is 2.36. The predicted molar refractivity (Wildman–Crippen MR) is 41.3 cm³/mol. The Morgan fingerprint density at radius 1 is 1.07 bits per heavy atom. The molecule has 0 rings (SSSR count). The summed E-state index contributed by atoms with van der Waals surface area (Å²) in [4.78, 5) is 11.0. The average molecular weight is 214 g/mol. The van der Waals surface area contributed by atoms with Crippen LogP contribution in [0.15, 0.2) is 0 Å². The Bertz CT molecular complexity index is 142. The second kappa shape index (κ2) is 7.04. The van der Waals surface area contributed by atoms with Crippen LogP contribution in [-0.4, -0.2) is 57.5 Å². The molecule has 8 nitrogen and oxygen atoms in total. The molecule has 0 aromatic carbocycles. The van der Waals surface area contributed by atoms with E-state index in [9.17, 15) is 10.2 Å². The molecule has 0 radical (unpaired) electrons. The van der Waals surface area contributed by atoms with Crippen molar-refractivity contribution in [2.75, 3.05) is 19.8 Å². The minimum absolute atomic E-state index is 0.214. The van der Waals surface area contributed by atoms with Crippen molar-refractivity contribution in [2.24, 2.45) is 0 Å². The molecule has 86 valence electrons. The lowest BCUT2D eigenvalue weighted by atomic mass is 9.94. The molecule has 14 heavy (non-hydrogen) atoms. The van der Waals surface area contributed by atoms with E-state index in [0.29, 0.717) is 0 Å². The highest BCUT2D eigenvalue weighted by molar-refractivity contribution is 4.85. The maximum atomic E-state index is 9.62. The van der Waals surface area contributed by atoms with Crippen LogP contribution in [0.5, 0.6) is 0 Å². The smallest absolute Gasteiger partial charge is 0.122 e.